The molecule has 2 unspecified atom stereocenters. The highest BCUT2D eigenvalue weighted by atomic mass is 15.3. The monoisotopic (exact) mass is 1010 g/mol. The van der Waals surface area contributed by atoms with Gasteiger partial charge in [0.05, 0.1) is 5.54 Å². The van der Waals surface area contributed by atoms with Crippen LogP contribution in [-0.2, 0) is 27.1 Å². The predicted octanol–water partition coefficient (Wildman–Crippen LogP) is 18.2. The molecule has 3 heterocycles. The molecule has 8 aromatic carbocycles. The molecule has 0 bridgehead atoms. The van der Waals surface area contributed by atoms with Gasteiger partial charge < -0.3 is 19.6 Å². The van der Waals surface area contributed by atoms with Gasteiger partial charge in [0, 0.05) is 68.0 Å². The van der Waals surface area contributed by atoms with E-state index in [1.165, 1.54) is 108 Å². The standard InChI is InChI=1S/C72H79BN4/c1-67(2,3)48-27-33-54(34-28-48)75-62-38-31-50(69(7,8)9)43-59(62)73-60-44-51(70(10,11)12)32-39-63(60)76(55-35-29-49(30-36-55)68(4,5)6)65-47-57(46-64(75)66(65)73)77-61-40-37-56(45-58(61)71(13)41-21-22-42-72(71,77)14)74(52-23-17-15-18-24-52)53-25-19-16-20-26-53/h15-20,23-40,43-47H,21-22,41-42H2,1-14H3. The molecule has 4 aliphatic rings. The van der Waals surface area contributed by atoms with Crippen molar-refractivity contribution in [3.63, 3.8) is 0 Å². The van der Waals surface area contributed by atoms with Crippen molar-refractivity contribution < 1.29 is 0 Å². The van der Waals surface area contributed by atoms with Gasteiger partial charge in [0.1, 0.15) is 0 Å². The minimum absolute atomic E-state index is 0.00948. The van der Waals surface area contributed by atoms with Crippen molar-refractivity contribution in [3.05, 3.63) is 204 Å². The summed E-state index contributed by atoms with van der Waals surface area (Å²) in [5.41, 5.74) is 23.9. The average molecular weight is 1010 g/mol. The normalized spacial score (nSPS) is 18.8. The minimum Gasteiger partial charge on any atom is -0.334 e. The Bertz CT molecular complexity index is 3370. The fraction of sp³-hybridized carbons (Fsp3) is 0.333. The van der Waals surface area contributed by atoms with Crippen molar-refractivity contribution in [2.75, 3.05) is 19.6 Å². The van der Waals surface area contributed by atoms with E-state index in [1.54, 1.807) is 0 Å². The molecule has 0 N–H and O–H groups in total. The molecule has 0 radical (unpaired) electrons. The molecule has 1 fully saturated rings. The molecule has 77 heavy (non-hydrogen) atoms. The molecule has 1 aliphatic carbocycles. The molecule has 12 rings (SSSR count). The Hall–Kier alpha value is -6.98. The van der Waals surface area contributed by atoms with Gasteiger partial charge in [0.2, 0.25) is 0 Å². The molecule has 4 nitrogen and oxygen atoms in total. The van der Waals surface area contributed by atoms with E-state index in [0.717, 1.165) is 24.2 Å². The van der Waals surface area contributed by atoms with Crippen LogP contribution in [0.25, 0.3) is 0 Å². The molecule has 5 heteroatoms. The van der Waals surface area contributed by atoms with Crippen LogP contribution >= 0.6 is 0 Å². The zero-order chi connectivity index (χ0) is 54.2. The quantitative estimate of drug-likeness (QED) is 0.154. The summed E-state index contributed by atoms with van der Waals surface area (Å²) >= 11 is 0. The summed E-state index contributed by atoms with van der Waals surface area (Å²) in [4.78, 5) is 10.5. The molecule has 0 spiro atoms. The third-order valence-electron chi connectivity index (χ3n) is 18.4. The zero-order valence-electron chi connectivity index (χ0n) is 48.4. The highest BCUT2D eigenvalue weighted by Crippen LogP contribution is 2.63. The van der Waals surface area contributed by atoms with Crippen molar-refractivity contribution in [2.45, 2.75) is 155 Å². The Morgan fingerprint density at radius 2 is 0.805 bits per heavy atom. The number of rotatable bonds is 6. The number of fused-ring (bicyclic) bond motifs is 7. The van der Waals surface area contributed by atoms with Crippen molar-refractivity contribution in [1.82, 2.24) is 0 Å². The smallest absolute Gasteiger partial charge is 0.252 e. The van der Waals surface area contributed by atoms with Crippen LogP contribution in [0.3, 0.4) is 0 Å². The Labute approximate surface area is 461 Å². The Balaban J connectivity index is 1.17. The molecule has 0 saturated heterocycles. The van der Waals surface area contributed by atoms with E-state index in [-0.39, 0.29) is 39.3 Å². The van der Waals surface area contributed by atoms with Crippen LogP contribution in [0.15, 0.2) is 176 Å². The second kappa shape index (κ2) is 17.8. The van der Waals surface area contributed by atoms with E-state index in [1.807, 2.05) is 0 Å². The summed E-state index contributed by atoms with van der Waals surface area (Å²) < 4.78 is 0. The van der Waals surface area contributed by atoms with Gasteiger partial charge in [-0.15, -0.1) is 0 Å². The van der Waals surface area contributed by atoms with E-state index in [4.69, 9.17) is 0 Å². The number of hydrogen-bond acceptors (Lipinski definition) is 4. The Morgan fingerprint density at radius 1 is 0.390 bits per heavy atom. The van der Waals surface area contributed by atoms with E-state index in [9.17, 15) is 0 Å². The van der Waals surface area contributed by atoms with Gasteiger partial charge in [-0.25, -0.2) is 0 Å². The number of benzene rings is 8. The van der Waals surface area contributed by atoms with Crippen molar-refractivity contribution in [2.24, 2.45) is 0 Å². The molecule has 2 atom stereocenters. The summed E-state index contributed by atoms with van der Waals surface area (Å²) in [6, 6.07) is 68.2. The van der Waals surface area contributed by atoms with Crippen LogP contribution in [-0.4, -0.2) is 12.3 Å². The number of para-hydroxylation sites is 2. The minimum atomic E-state index is -0.211. The first-order valence-corrected chi connectivity index (χ1v) is 28.6. The van der Waals surface area contributed by atoms with Gasteiger partial charge in [-0.05, 0) is 177 Å². The van der Waals surface area contributed by atoms with Crippen LogP contribution in [0.1, 0.15) is 150 Å². The summed E-state index contributed by atoms with van der Waals surface area (Å²) in [6.07, 6.45) is 4.61. The molecule has 390 valence electrons. The van der Waals surface area contributed by atoms with Crippen LogP contribution < -0.4 is 36.0 Å². The van der Waals surface area contributed by atoms with E-state index in [2.05, 4.69) is 292 Å². The van der Waals surface area contributed by atoms with Crippen molar-refractivity contribution in [1.29, 1.82) is 0 Å². The van der Waals surface area contributed by atoms with Crippen LogP contribution in [0, 0.1) is 0 Å². The highest BCUT2D eigenvalue weighted by Gasteiger charge is 2.58. The number of anilines is 11. The maximum Gasteiger partial charge on any atom is 0.252 e. The fourth-order valence-corrected chi connectivity index (χ4v) is 13.7. The largest absolute Gasteiger partial charge is 0.334 e. The third kappa shape index (κ3) is 8.24. The summed E-state index contributed by atoms with van der Waals surface area (Å²) in [5, 5.41) is 0. The second-order valence-electron chi connectivity index (χ2n) is 27.5. The molecule has 3 aliphatic heterocycles. The topological polar surface area (TPSA) is 13.0 Å². The Kier molecular flexibility index (Phi) is 11.7. The van der Waals surface area contributed by atoms with Crippen LogP contribution in [0.5, 0.6) is 0 Å². The molecule has 8 aromatic rings. The lowest BCUT2D eigenvalue weighted by molar-refractivity contribution is 0.195. The van der Waals surface area contributed by atoms with Gasteiger partial charge in [0.15, 0.2) is 0 Å². The summed E-state index contributed by atoms with van der Waals surface area (Å²) in [6.45, 7) is 33.2. The SMILES string of the molecule is CC(C)(C)c1ccc(N2c3ccc(C(C)(C)C)cc3B3c4cc(C(C)(C)C)ccc4N(c4ccc(C(C)(C)C)cc4)c4cc(N5c6ccc(N(c7ccccc7)c7ccccc7)cc6C6(C)CCCCC56C)cc2c43)cc1. The van der Waals surface area contributed by atoms with Crippen molar-refractivity contribution >= 4 is 85.7 Å². The van der Waals surface area contributed by atoms with Gasteiger partial charge in [-0.3, -0.25) is 0 Å². The first-order chi connectivity index (χ1) is 36.5. The zero-order valence-corrected chi connectivity index (χ0v) is 48.4. The first-order valence-electron chi connectivity index (χ1n) is 28.6. The van der Waals surface area contributed by atoms with E-state index in [0.29, 0.717) is 0 Å². The average Bonchev–Trinajstić information content (AvgIpc) is 3.85. The van der Waals surface area contributed by atoms with Gasteiger partial charge in [0.25, 0.3) is 6.71 Å². The maximum absolute atomic E-state index is 2.81. The summed E-state index contributed by atoms with van der Waals surface area (Å²) in [7, 11) is 0. The highest BCUT2D eigenvalue weighted by molar-refractivity contribution is 7.00. The summed E-state index contributed by atoms with van der Waals surface area (Å²) in [5.74, 6) is 0. The van der Waals surface area contributed by atoms with E-state index < -0.39 is 0 Å². The fourth-order valence-electron chi connectivity index (χ4n) is 13.7. The molecule has 0 aromatic heterocycles. The first kappa shape index (κ1) is 50.8. The lowest BCUT2D eigenvalue weighted by Crippen LogP contribution is -2.62. The number of nitrogens with zero attached hydrogens (tertiary/aromatic N) is 4. The lowest BCUT2D eigenvalue weighted by Gasteiger charge is -2.51. The maximum atomic E-state index is 2.81. The molecule has 1 saturated carbocycles. The van der Waals surface area contributed by atoms with Crippen LogP contribution in [0.4, 0.5) is 62.6 Å². The van der Waals surface area contributed by atoms with Gasteiger partial charge in [-0.1, -0.05) is 188 Å². The van der Waals surface area contributed by atoms with Gasteiger partial charge >= 0.3 is 0 Å². The lowest BCUT2D eigenvalue weighted by atomic mass is 9.33. The Morgan fingerprint density at radius 3 is 1.25 bits per heavy atom. The molecular weight excluding hydrogens is 932 g/mol. The second-order valence-corrected chi connectivity index (χ2v) is 27.5. The van der Waals surface area contributed by atoms with E-state index >= 15 is 0 Å². The molecule has 0 amide bonds. The predicted molar refractivity (Wildman–Crippen MR) is 333 cm³/mol. The van der Waals surface area contributed by atoms with Crippen LogP contribution in [0.2, 0.25) is 0 Å². The third-order valence-corrected chi connectivity index (χ3v) is 18.4. The van der Waals surface area contributed by atoms with Crippen molar-refractivity contribution in [3.8, 4) is 0 Å². The molecular formula is C72H79BN4. The van der Waals surface area contributed by atoms with Gasteiger partial charge in [-0.2, -0.15) is 0 Å². The number of hydrogen-bond donors (Lipinski definition) is 0.